The van der Waals surface area contributed by atoms with Gasteiger partial charge in [0.2, 0.25) is 0 Å². The molecule has 0 saturated carbocycles. The van der Waals surface area contributed by atoms with Crippen molar-refractivity contribution in [1.29, 1.82) is 10.5 Å². The lowest BCUT2D eigenvalue weighted by Crippen LogP contribution is -2.37. The van der Waals surface area contributed by atoms with Gasteiger partial charge in [0, 0.05) is 0 Å². The van der Waals surface area contributed by atoms with E-state index in [1.54, 1.807) is 109 Å². The van der Waals surface area contributed by atoms with Gasteiger partial charge in [0.1, 0.15) is 58.5 Å². The van der Waals surface area contributed by atoms with Crippen LogP contribution >= 0.6 is 0 Å². The largest absolute Gasteiger partial charge is 0.482 e. The molecule has 0 spiro atoms. The van der Waals surface area contributed by atoms with Crippen LogP contribution in [0.3, 0.4) is 0 Å². The minimum absolute atomic E-state index is 0.0267. The number of carbonyl (C=O) groups excluding carboxylic acids is 4. The van der Waals surface area contributed by atoms with Gasteiger partial charge in [-0.1, -0.05) is 60.7 Å². The van der Waals surface area contributed by atoms with Gasteiger partial charge in [-0.25, -0.2) is 19.2 Å². The molecule has 0 unspecified atom stereocenters. The Kier molecular flexibility index (Phi) is 12.8. The van der Waals surface area contributed by atoms with Crippen molar-refractivity contribution in [1.82, 2.24) is 0 Å². The molecule has 6 rings (SSSR count). The summed E-state index contributed by atoms with van der Waals surface area (Å²) in [6.07, 6.45) is -0.0658. The summed E-state index contributed by atoms with van der Waals surface area (Å²) >= 11 is 0. The highest BCUT2D eigenvalue weighted by molar-refractivity contribution is 5.99. The molecule has 0 aromatic heterocycles. The quantitative estimate of drug-likeness (QED) is 0.0739. The first kappa shape index (κ1) is 38.5. The van der Waals surface area contributed by atoms with E-state index in [-0.39, 0.29) is 24.4 Å². The van der Waals surface area contributed by atoms with Gasteiger partial charge in [0.25, 0.3) is 0 Å². The molecule has 14 heteroatoms. The molecular weight excluding hydrogens is 724 g/mol. The fourth-order valence-electron chi connectivity index (χ4n) is 5.55. The molecule has 2 fully saturated rings. The number of esters is 4. The van der Waals surface area contributed by atoms with Gasteiger partial charge in [-0.3, -0.25) is 0 Å². The molecule has 4 aromatic rings. The van der Waals surface area contributed by atoms with E-state index >= 15 is 0 Å². The maximum Gasteiger partial charge on any atom is 0.354 e. The van der Waals surface area contributed by atoms with E-state index in [1.807, 2.05) is 12.1 Å². The molecule has 2 saturated heterocycles. The third-order valence-electron chi connectivity index (χ3n) is 8.21. The Morgan fingerprint density at radius 3 is 1.29 bits per heavy atom. The third kappa shape index (κ3) is 10.4. The molecule has 2 heterocycles. The summed E-state index contributed by atoms with van der Waals surface area (Å²) in [5, 5.41) is 18.9. The van der Waals surface area contributed by atoms with E-state index in [4.69, 9.17) is 37.9 Å². The van der Waals surface area contributed by atoms with Gasteiger partial charge in [0.05, 0.1) is 13.2 Å². The molecule has 0 amide bonds. The lowest BCUT2D eigenvalue weighted by atomic mass is 10.1. The van der Waals surface area contributed by atoms with Crippen molar-refractivity contribution in [2.24, 2.45) is 0 Å². The number of ether oxygens (including phenoxy) is 8. The van der Waals surface area contributed by atoms with Crippen molar-refractivity contribution in [3.05, 3.63) is 131 Å². The maximum absolute atomic E-state index is 12.6. The summed E-state index contributed by atoms with van der Waals surface area (Å²) < 4.78 is 44.1. The van der Waals surface area contributed by atoms with Crippen molar-refractivity contribution in [2.45, 2.75) is 24.4 Å². The molecular formula is C42H32N2O12. The third-order valence-corrected chi connectivity index (χ3v) is 8.21. The minimum atomic E-state index is -0.794. The zero-order chi connectivity index (χ0) is 39.3. The minimum Gasteiger partial charge on any atom is -0.482 e. The van der Waals surface area contributed by atoms with Crippen LogP contribution in [0.15, 0.2) is 120 Å². The lowest BCUT2D eigenvalue weighted by Gasteiger charge is -2.17. The molecule has 0 N–H and O–H groups in total. The Hall–Kier alpha value is -7.26. The average molecular weight is 757 g/mol. The van der Waals surface area contributed by atoms with Crippen LogP contribution < -0.4 is 18.9 Å². The fourth-order valence-corrected chi connectivity index (χ4v) is 5.55. The standard InChI is InChI=1S/C42H32N2O12/c43-21-29(41(47)53-33-7-3-1-4-8-33)19-27-11-15-31(16-12-27)49-25-37(45)55-35-23-51-40-36(24-52-39(35)40)56-38(46)26-50-32-17-13-28(14-18-32)20-30(22-44)42(48)54-34-9-5-2-6-10-34/h1-20,35-36,39-40H,23-26H2/b29-19+,30-20+/t35-,36+,39-,40-/m1/s1. The zero-order valence-corrected chi connectivity index (χ0v) is 29.5. The van der Waals surface area contributed by atoms with Crippen LogP contribution in [0.2, 0.25) is 0 Å². The van der Waals surface area contributed by atoms with Gasteiger partial charge < -0.3 is 37.9 Å². The van der Waals surface area contributed by atoms with E-state index in [1.165, 1.54) is 12.2 Å². The van der Waals surface area contributed by atoms with E-state index in [2.05, 4.69) is 0 Å². The molecule has 4 atom stereocenters. The molecule has 0 aliphatic carbocycles. The summed E-state index contributed by atoms with van der Waals surface area (Å²) in [4.78, 5) is 50.0. The molecule has 2 aliphatic rings. The number of fused-ring (bicyclic) bond motifs is 1. The van der Waals surface area contributed by atoms with Gasteiger partial charge in [-0.05, 0) is 71.8 Å². The summed E-state index contributed by atoms with van der Waals surface area (Å²) in [5.41, 5.74) is 0.682. The highest BCUT2D eigenvalue weighted by Gasteiger charge is 2.51. The van der Waals surface area contributed by atoms with Gasteiger partial charge >= 0.3 is 23.9 Å². The Bertz CT molecular complexity index is 2020. The Morgan fingerprint density at radius 1 is 0.554 bits per heavy atom. The predicted octanol–water partition coefficient (Wildman–Crippen LogP) is 4.79. The highest BCUT2D eigenvalue weighted by Crippen LogP contribution is 2.31. The SMILES string of the molecule is N#C/C(=C\c1ccc(OCC(=O)O[C@H]2CO[C@H]3[C@@H]2OC[C@H]3OC(=O)COc2ccc(/C=C(\C#N)C(=O)Oc3ccccc3)cc2)cc1)C(=O)Oc1ccccc1. The van der Waals surface area contributed by atoms with Gasteiger partial charge in [-0.15, -0.1) is 0 Å². The summed E-state index contributed by atoms with van der Waals surface area (Å²) in [5.74, 6) is -1.61. The van der Waals surface area contributed by atoms with Crippen LogP contribution in [-0.4, -0.2) is 74.7 Å². The Balaban J connectivity index is 0.910. The van der Waals surface area contributed by atoms with Gasteiger partial charge in [0.15, 0.2) is 25.4 Å². The normalized spacial score (nSPS) is 18.7. The Morgan fingerprint density at radius 2 is 0.929 bits per heavy atom. The number of hydrogen-bond donors (Lipinski definition) is 0. The molecule has 0 radical (unpaired) electrons. The summed E-state index contributed by atoms with van der Waals surface area (Å²) in [6.45, 7) is -0.774. The Labute approximate surface area is 320 Å². The summed E-state index contributed by atoms with van der Waals surface area (Å²) in [6, 6.07) is 33.2. The number of rotatable bonds is 14. The van der Waals surface area contributed by atoms with Gasteiger partial charge in [-0.2, -0.15) is 10.5 Å². The lowest BCUT2D eigenvalue weighted by molar-refractivity contribution is -0.157. The second kappa shape index (κ2) is 18.7. The van der Waals surface area contributed by atoms with Crippen LogP contribution in [0.5, 0.6) is 23.0 Å². The van der Waals surface area contributed by atoms with Crippen LogP contribution in [-0.2, 0) is 38.1 Å². The predicted molar refractivity (Wildman–Crippen MR) is 194 cm³/mol. The van der Waals surface area contributed by atoms with Crippen molar-refractivity contribution in [3.8, 4) is 35.1 Å². The molecule has 14 nitrogen and oxygen atoms in total. The van der Waals surface area contributed by atoms with E-state index in [0.717, 1.165) is 0 Å². The monoisotopic (exact) mass is 756 g/mol. The second-order valence-electron chi connectivity index (χ2n) is 12.1. The first-order valence-electron chi connectivity index (χ1n) is 17.1. The van der Waals surface area contributed by atoms with Crippen molar-refractivity contribution in [3.63, 3.8) is 0 Å². The van der Waals surface area contributed by atoms with Crippen molar-refractivity contribution < 1.29 is 57.1 Å². The van der Waals surface area contributed by atoms with Crippen LogP contribution in [0.1, 0.15) is 11.1 Å². The molecule has 282 valence electrons. The number of nitrogens with zero attached hydrogens (tertiary/aromatic N) is 2. The van der Waals surface area contributed by atoms with Crippen LogP contribution in [0.4, 0.5) is 0 Å². The maximum atomic E-state index is 12.6. The molecule has 2 aliphatic heterocycles. The zero-order valence-electron chi connectivity index (χ0n) is 29.5. The average Bonchev–Trinajstić information content (AvgIpc) is 3.81. The van der Waals surface area contributed by atoms with E-state index in [9.17, 15) is 29.7 Å². The fraction of sp³-hybridized carbons (Fsp3) is 0.190. The molecule has 0 bridgehead atoms. The first-order valence-corrected chi connectivity index (χ1v) is 17.1. The number of hydrogen-bond acceptors (Lipinski definition) is 14. The number of nitriles is 2. The molecule has 4 aromatic carbocycles. The number of para-hydroxylation sites is 2. The van der Waals surface area contributed by atoms with E-state index < -0.39 is 61.5 Å². The molecule has 56 heavy (non-hydrogen) atoms. The van der Waals surface area contributed by atoms with Crippen molar-refractivity contribution >= 4 is 36.0 Å². The van der Waals surface area contributed by atoms with Crippen LogP contribution in [0.25, 0.3) is 12.2 Å². The smallest absolute Gasteiger partial charge is 0.354 e. The topological polar surface area (TPSA) is 190 Å². The van der Waals surface area contributed by atoms with Crippen molar-refractivity contribution in [2.75, 3.05) is 26.4 Å². The number of benzene rings is 4. The van der Waals surface area contributed by atoms with E-state index in [0.29, 0.717) is 34.1 Å². The number of carbonyl (C=O) groups is 4. The second-order valence-corrected chi connectivity index (χ2v) is 12.1. The van der Waals surface area contributed by atoms with Crippen LogP contribution in [0, 0.1) is 22.7 Å². The first-order chi connectivity index (χ1) is 27.3. The highest BCUT2D eigenvalue weighted by atomic mass is 16.7. The summed E-state index contributed by atoms with van der Waals surface area (Å²) in [7, 11) is 0.